The molecule has 5 heteroatoms. The number of anilines is 1. The molecular weight excluding hydrogens is 266 g/mol. The molecule has 112 valence electrons. The second-order valence-corrected chi connectivity index (χ2v) is 5.42. The van der Waals surface area contributed by atoms with Gasteiger partial charge in [0.15, 0.2) is 0 Å². The Bertz CT molecular complexity index is 521. The first-order chi connectivity index (χ1) is 10.2. The van der Waals surface area contributed by atoms with E-state index in [1.54, 1.807) is 24.3 Å². The summed E-state index contributed by atoms with van der Waals surface area (Å²) < 4.78 is 0. The van der Waals surface area contributed by atoms with E-state index in [1.165, 1.54) is 0 Å². The molecule has 1 aromatic rings. The van der Waals surface area contributed by atoms with Crippen LogP contribution in [0.25, 0.3) is 0 Å². The standard InChI is InChI=1S/C16H21N3O2/c1-12(19-9-3-2-4-15(19)11-20)16(21)18-14-7-5-13(10-17)6-8-14/h5-8,12,15,20H,2-4,9,11H2,1H3,(H,18,21). The van der Waals surface area contributed by atoms with Crippen LogP contribution in [0.2, 0.25) is 0 Å². The van der Waals surface area contributed by atoms with Gasteiger partial charge >= 0.3 is 0 Å². The van der Waals surface area contributed by atoms with Crippen LogP contribution in [-0.2, 0) is 4.79 Å². The van der Waals surface area contributed by atoms with Gasteiger partial charge in [0.05, 0.1) is 24.3 Å². The van der Waals surface area contributed by atoms with Gasteiger partial charge in [-0.15, -0.1) is 0 Å². The summed E-state index contributed by atoms with van der Waals surface area (Å²) in [6.07, 6.45) is 3.10. The monoisotopic (exact) mass is 287 g/mol. The van der Waals surface area contributed by atoms with Gasteiger partial charge in [-0.3, -0.25) is 9.69 Å². The number of piperidine rings is 1. The molecule has 0 bridgehead atoms. The molecule has 5 nitrogen and oxygen atoms in total. The highest BCUT2D eigenvalue weighted by Gasteiger charge is 2.29. The van der Waals surface area contributed by atoms with Crippen molar-refractivity contribution in [3.8, 4) is 6.07 Å². The maximum atomic E-state index is 12.3. The highest BCUT2D eigenvalue weighted by Crippen LogP contribution is 2.20. The first-order valence-corrected chi connectivity index (χ1v) is 7.33. The number of aliphatic hydroxyl groups is 1. The number of hydrogen-bond acceptors (Lipinski definition) is 4. The number of amides is 1. The topological polar surface area (TPSA) is 76.4 Å². The van der Waals surface area contributed by atoms with Gasteiger partial charge in [0, 0.05) is 11.7 Å². The molecule has 2 rings (SSSR count). The van der Waals surface area contributed by atoms with Crippen molar-refractivity contribution in [3.63, 3.8) is 0 Å². The molecule has 1 amide bonds. The van der Waals surface area contributed by atoms with Crippen LogP contribution in [0, 0.1) is 11.3 Å². The Hall–Kier alpha value is -1.90. The van der Waals surface area contributed by atoms with Gasteiger partial charge in [0.25, 0.3) is 0 Å². The van der Waals surface area contributed by atoms with Crippen molar-refractivity contribution >= 4 is 11.6 Å². The zero-order chi connectivity index (χ0) is 15.2. The van der Waals surface area contributed by atoms with Crippen LogP contribution in [0.4, 0.5) is 5.69 Å². The van der Waals surface area contributed by atoms with E-state index < -0.39 is 0 Å². The van der Waals surface area contributed by atoms with Gasteiger partial charge < -0.3 is 10.4 Å². The van der Waals surface area contributed by atoms with Gasteiger partial charge in [-0.05, 0) is 50.6 Å². The fraction of sp³-hybridized carbons (Fsp3) is 0.500. The van der Waals surface area contributed by atoms with E-state index in [9.17, 15) is 9.90 Å². The highest BCUT2D eigenvalue weighted by atomic mass is 16.3. The lowest BCUT2D eigenvalue weighted by atomic mass is 10.0. The zero-order valence-corrected chi connectivity index (χ0v) is 12.2. The van der Waals surface area contributed by atoms with Crippen molar-refractivity contribution in [2.45, 2.75) is 38.3 Å². The van der Waals surface area contributed by atoms with Gasteiger partial charge in [-0.25, -0.2) is 0 Å². The van der Waals surface area contributed by atoms with Crippen molar-refractivity contribution in [2.24, 2.45) is 0 Å². The van der Waals surface area contributed by atoms with Crippen LogP contribution in [0.15, 0.2) is 24.3 Å². The molecule has 1 heterocycles. The number of rotatable bonds is 4. The first kappa shape index (κ1) is 15.5. The van der Waals surface area contributed by atoms with E-state index in [0.29, 0.717) is 11.3 Å². The maximum absolute atomic E-state index is 12.3. The summed E-state index contributed by atoms with van der Waals surface area (Å²) in [5.74, 6) is -0.0833. The van der Waals surface area contributed by atoms with Crippen molar-refractivity contribution in [2.75, 3.05) is 18.5 Å². The summed E-state index contributed by atoms with van der Waals surface area (Å²) in [4.78, 5) is 14.4. The van der Waals surface area contributed by atoms with E-state index in [-0.39, 0.29) is 24.6 Å². The number of aliphatic hydroxyl groups excluding tert-OH is 1. The van der Waals surface area contributed by atoms with E-state index in [2.05, 4.69) is 10.2 Å². The predicted molar refractivity (Wildman–Crippen MR) is 80.7 cm³/mol. The van der Waals surface area contributed by atoms with E-state index in [0.717, 1.165) is 25.8 Å². The molecule has 1 aliphatic rings. The minimum absolute atomic E-state index is 0.0699. The summed E-state index contributed by atoms with van der Waals surface area (Å²) in [7, 11) is 0. The molecule has 1 saturated heterocycles. The molecular formula is C16H21N3O2. The Morgan fingerprint density at radius 3 is 2.81 bits per heavy atom. The third kappa shape index (κ3) is 3.81. The van der Waals surface area contributed by atoms with E-state index in [4.69, 9.17) is 5.26 Å². The van der Waals surface area contributed by atoms with Crippen molar-refractivity contribution in [3.05, 3.63) is 29.8 Å². The summed E-state index contributed by atoms with van der Waals surface area (Å²) in [6, 6.07) is 8.64. The van der Waals surface area contributed by atoms with E-state index >= 15 is 0 Å². The number of carbonyl (C=O) groups excluding carboxylic acids is 1. The van der Waals surface area contributed by atoms with E-state index in [1.807, 2.05) is 13.0 Å². The summed E-state index contributed by atoms with van der Waals surface area (Å²) in [5, 5.41) is 21.1. The molecule has 2 unspecified atom stereocenters. The van der Waals surface area contributed by atoms with Crippen LogP contribution in [0.1, 0.15) is 31.7 Å². The minimum atomic E-state index is -0.280. The van der Waals surface area contributed by atoms with Crippen molar-refractivity contribution < 1.29 is 9.90 Å². The molecule has 21 heavy (non-hydrogen) atoms. The van der Waals surface area contributed by atoms with Gasteiger partial charge in [-0.1, -0.05) is 6.42 Å². The fourth-order valence-corrected chi connectivity index (χ4v) is 2.75. The molecule has 1 fully saturated rings. The lowest BCUT2D eigenvalue weighted by Crippen LogP contribution is -2.51. The fourth-order valence-electron chi connectivity index (χ4n) is 2.75. The molecule has 0 radical (unpaired) electrons. The Labute approximate surface area is 125 Å². The number of likely N-dealkylation sites (tertiary alicyclic amines) is 1. The Kier molecular flexibility index (Phi) is 5.32. The third-order valence-electron chi connectivity index (χ3n) is 4.04. The predicted octanol–water partition coefficient (Wildman–Crippen LogP) is 1.73. The SMILES string of the molecule is CC(C(=O)Nc1ccc(C#N)cc1)N1CCCCC1CO. The molecule has 0 spiro atoms. The molecule has 0 aliphatic carbocycles. The lowest BCUT2D eigenvalue weighted by Gasteiger charge is -2.38. The third-order valence-corrected chi connectivity index (χ3v) is 4.04. The zero-order valence-electron chi connectivity index (χ0n) is 12.2. The first-order valence-electron chi connectivity index (χ1n) is 7.33. The van der Waals surface area contributed by atoms with Crippen molar-refractivity contribution in [1.29, 1.82) is 5.26 Å². The second-order valence-electron chi connectivity index (χ2n) is 5.42. The summed E-state index contributed by atoms with van der Waals surface area (Å²) in [5.41, 5.74) is 1.25. The quantitative estimate of drug-likeness (QED) is 0.884. The largest absolute Gasteiger partial charge is 0.395 e. The molecule has 0 saturated carbocycles. The Morgan fingerprint density at radius 2 is 2.19 bits per heavy atom. The van der Waals surface area contributed by atoms with Crippen LogP contribution in [-0.4, -0.2) is 41.1 Å². The molecule has 2 atom stereocenters. The summed E-state index contributed by atoms with van der Waals surface area (Å²) in [6.45, 7) is 2.80. The average molecular weight is 287 g/mol. The molecule has 1 aliphatic heterocycles. The van der Waals surface area contributed by atoms with Crippen molar-refractivity contribution in [1.82, 2.24) is 4.90 Å². The average Bonchev–Trinajstić information content (AvgIpc) is 2.54. The Balaban J connectivity index is 1.99. The minimum Gasteiger partial charge on any atom is -0.395 e. The number of nitrogens with zero attached hydrogens (tertiary/aromatic N) is 2. The second kappa shape index (κ2) is 7.21. The number of nitriles is 1. The molecule has 2 N–H and O–H groups in total. The lowest BCUT2D eigenvalue weighted by molar-refractivity contribution is -0.122. The highest BCUT2D eigenvalue weighted by molar-refractivity contribution is 5.94. The summed E-state index contributed by atoms with van der Waals surface area (Å²) >= 11 is 0. The van der Waals surface area contributed by atoms with Crippen LogP contribution >= 0.6 is 0 Å². The number of hydrogen-bond donors (Lipinski definition) is 2. The van der Waals surface area contributed by atoms with Crippen LogP contribution in [0.5, 0.6) is 0 Å². The number of benzene rings is 1. The van der Waals surface area contributed by atoms with Crippen LogP contribution in [0.3, 0.4) is 0 Å². The molecule has 0 aromatic heterocycles. The Morgan fingerprint density at radius 1 is 1.48 bits per heavy atom. The van der Waals surface area contributed by atoms with Crippen LogP contribution < -0.4 is 5.32 Å². The van der Waals surface area contributed by atoms with Gasteiger partial charge in [0.1, 0.15) is 0 Å². The number of carbonyl (C=O) groups is 1. The maximum Gasteiger partial charge on any atom is 0.241 e. The normalized spacial score (nSPS) is 20.5. The van der Waals surface area contributed by atoms with Gasteiger partial charge in [0.2, 0.25) is 5.91 Å². The van der Waals surface area contributed by atoms with Gasteiger partial charge in [-0.2, -0.15) is 5.26 Å². The smallest absolute Gasteiger partial charge is 0.241 e. The number of nitrogens with one attached hydrogen (secondary N) is 1. The molecule has 1 aromatic carbocycles.